The summed E-state index contributed by atoms with van der Waals surface area (Å²) in [5.74, 6) is 0.843. The van der Waals surface area contributed by atoms with Crippen LogP contribution >= 0.6 is 0 Å². The van der Waals surface area contributed by atoms with Crippen LogP contribution in [0.15, 0.2) is 42.6 Å². The van der Waals surface area contributed by atoms with E-state index in [1.165, 1.54) is 12.1 Å². The van der Waals surface area contributed by atoms with Gasteiger partial charge in [0.05, 0.1) is 20.6 Å². The number of rotatable bonds is 6. The maximum absolute atomic E-state index is 13.2. The molecule has 0 aliphatic rings. The molecule has 3 rings (SSSR count). The predicted octanol–water partition coefficient (Wildman–Crippen LogP) is 3.18. The van der Waals surface area contributed by atoms with Crippen LogP contribution in [0, 0.1) is 5.82 Å². The fraction of sp³-hybridized carbons (Fsp3) is 0.211. The van der Waals surface area contributed by atoms with Gasteiger partial charge in [-0.15, -0.1) is 0 Å². The standard InChI is InChI=1S/C19H19FN2O3/c1-24-17-6-3-12(7-18(17)25-2)10-22-19(23)8-13-11-21-16-9-14(20)4-5-15(13)16/h3-7,9,11,21H,8,10H2,1-2H3,(H,22,23). The highest BCUT2D eigenvalue weighted by Gasteiger charge is 2.10. The molecule has 3 aromatic rings. The number of ether oxygens (including phenoxy) is 2. The van der Waals surface area contributed by atoms with Crippen LogP contribution in [0.5, 0.6) is 11.5 Å². The Bertz CT molecular complexity index is 905. The fourth-order valence-electron chi connectivity index (χ4n) is 2.73. The molecule has 0 aliphatic carbocycles. The van der Waals surface area contributed by atoms with Crippen molar-refractivity contribution >= 4 is 16.8 Å². The zero-order chi connectivity index (χ0) is 17.8. The van der Waals surface area contributed by atoms with Crippen LogP contribution in [-0.4, -0.2) is 25.1 Å². The molecule has 0 saturated carbocycles. The summed E-state index contributed by atoms with van der Waals surface area (Å²) in [6.45, 7) is 0.385. The van der Waals surface area contributed by atoms with Crippen molar-refractivity contribution < 1.29 is 18.7 Å². The Hall–Kier alpha value is -3.02. The Balaban J connectivity index is 1.64. The Kier molecular flexibility index (Phi) is 4.88. The number of H-pyrrole nitrogens is 1. The topological polar surface area (TPSA) is 63.3 Å². The van der Waals surface area contributed by atoms with E-state index >= 15 is 0 Å². The van der Waals surface area contributed by atoms with Gasteiger partial charge in [0.1, 0.15) is 5.82 Å². The maximum atomic E-state index is 13.2. The fourth-order valence-corrected chi connectivity index (χ4v) is 2.73. The lowest BCUT2D eigenvalue weighted by Crippen LogP contribution is -2.24. The van der Waals surface area contributed by atoms with E-state index in [-0.39, 0.29) is 18.1 Å². The molecular weight excluding hydrogens is 323 g/mol. The van der Waals surface area contributed by atoms with Crippen molar-refractivity contribution in [3.05, 3.63) is 59.5 Å². The molecule has 6 heteroatoms. The third-order valence-corrected chi connectivity index (χ3v) is 4.02. The first-order valence-electron chi connectivity index (χ1n) is 7.84. The quantitative estimate of drug-likeness (QED) is 0.723. The number of aromatic nitrogens is 1. The highest BCUT2D eigenvalue weighted by molar-refractivity contribution is 5.88. The minimum absolute atomic E-state index is 0.111. The summed E-state index contributed by atoms with van der Waals surface area (Å²) in [6, 6.07) is 9.98. The van der Waals surface area contributed by atoms with Gasteiger partial charge >= 0.3 is 0 Å². The average molecular weight is 342 g/mol. The van der Waals surface area contributed by atoms with Crippen LogP contribution < -0.4 is 14.8 Å². The number of amides is 1. The van der Waals surface area contributed by atoms with Crippen molar-refractivity contribution in [3.8, 4) is 11.5 Å². The van der Waals surface area contributed by atoms with Gasteiger partial charge in [0, 0.05) is 23.6 Å². The lowest BCUT2D eigenvalue weighted by Gasteiger charge is -2.10. The third kappa shape index (κ3) is 3.74. The number of fused-ring (bicyclic) bond motifs is 1. The van der Waals surface area contributed by atoms with Crippen LogP contribution in [0.25, 0.3) is 10.9 Å². The number of carbonyl (C=O) groups excluding carboxylic acids is 1. The lowest BCUT2D eigenvalue weighted by atomic mass is 10.1. The summed E-state index contributed by atoms with van der Waals surface area (Å²) in [7, 11) is 3.15. The number of nitrogens with one attached hydrogen (secondary N) is 2. The molecule has 130 valence electrons. The van der Waals surface area contributed by atoms with E-state index in [2.05, 4.69) is 10.3 Å². The number of halogens is 1. The Morgan fingerprint density at radius 3 is 2.68 bits per heavy atom. The van der Waals surface area contributed by atoms with Crippen molar-refractivity contribution in [1.82, 2.24) is 10.3 Å². The minimum atomic E-state index is -0.307. The molecule has 25 heavy (non-hydrogen) atoms. The second kappa shape index (κ2) is 7.25. The second-order valence-electron chi connectivity index (χ2n) is 5.65. The molecule has 0 saturated heterocycles. The Labute approximate surface area is 144 Å². The smallest absolute Gasteiger partial charge is 0.224 e. The van der Waals surface area contributed by atoms with Crippen molar-refractivity contribution in [2.75, 3.05) is 14.2 Å². The summed E-state index contributed by atoms with van der Waals surface area (Å²) in [6.07, 6.45) is 1.96. The van der Waals surface area contributed by atoms with Crippen molar-refractivity contribution in [2.24, 2.45) is 0 Å². The minimum Gasteiger partial charge on any atom is -0.493 e. The van der Waals surface area contributed by atoms with E-state index in [4.69, 9.17) is 9.47 Å². The Morgan fingerprint density at radius 2 is 1.92 bits per heavy atom. The molecule has 0 fully saturated rings. The molecule has 0 unspecified atom stereocenters. The van der Waals surface area contributed by atoms with Crippen LogP contribution in [0.4, 0.5) is 4.39 Å². The normalized spacial score (nSPS) is 10.7. The summed E-state index contributed by atoms with van der Waals surface area (Å²) in [5.41, 5.74) is 2.43. The van der Waals surface area contributed by atoms with Gasteiger partial charge < -0.3 is 19.8 Å². The molecule has 1 heterocycles. The first kappa shape index (κ1) is 16.8. The van der Waals surface area contributed by atoms with E-state index < -0.39 is 0 Å². The van der Waals surface area contributed by atoms with Gasteiger partial charge in [-0.25, -0.2) is 4.39 Å². The molecule has 0 bridgehead atoms. The summed E-state index contributed by atoms with van der Waals surface area (Å²) >= 11 is 0. The lowest BCUT2D eigenvalue weighted by molar-refractivity contribution is -0.120. The number of methoxy groups -OCH3 is 2. The largest absolute Gasteiger partial charge is 0.493 e. The monoisotopic (exact) mass is 342 g/mol. The van der Waals surface area contributed by atoms with Gasteiger partial charge in [0.15, 0.2) is 11.5 Å². The second-order valence-corrected chi connectivity index (χ2v) is 5.65. The molecule has 0 radical (unpaired) electrons. The van der Waals surface area contributed by atoms with Crippen LogP contribution in [0.1, 0.15) is 11.1 Å². The highest BCUT2D eigenvalue weighted by Crippen LogP contribution is 2.27. The number of hydrogen-bond donors (Lipinski definition) is 2. The number of carbonyl (C=O) groups is 1. The van der Waals surface area contributed by atoms with Crippen molar-refractivity contribution in [2.45, 2.75) is 13.0 Å². The predicted molar refractivity (Wildman–Crippen MR) is 93.4 cm³/mol. The molecule has 0 spiro atoms. The summed E-state index contributed by atoms with van der Waals surface area (Å²) in [4.78, 5) is 15.2. The first-order chi connectivity index (χ1) is 12.1. The molecule has 0 atom stereocenters. The number of aromatic amines is 1. The van der Waals surface area contributed by atoms with Crippen LogP contribution in [0.2, 0.25) is 0 Å². The zero-order valence-electron chi connectivity index (χ0n) is 14.1. The Morgan fingerprint density at radius 1 is 1.12 bits per heavy atom. The van der Waals surface area contributed by atoms with Gasteiger partial charge in [-0.05, 0) is 41.5 Å². The molecule has 1 aromatic heterocycles. The van der Waals surface area contributed by atoms with E-state index in [1.54, 1.807) is 32.5 Å². The summed E-state index contributed by atoms with van der Waals surface area (Å²) in [5, 5.41) is 3.73. The van der Waals surface area contributed by atoms with Crippen LogP contribution in [-0.2, 0) is 17.8 Å². The van der Waals surface area contributed by atoms with E-state index in [9.17, 15) is 9.18 Å². The van der Waals surface area contributed by atoms with E-state index in [0.29, 0.717) is 23.6 Å². The van der Waals surface area contributed by atoms with Crippen LogP contribution in [0.3, 0.4) is 0 Å². The molecule has 2 N–H and O–H groups in total. The van der Waals surface area contributed by atoms with E-state index in [1.807, 2.05) is 12.1 Å². The highest BCUT2D eigenvalue weighted by atomic mass is 19.1. The molecule has 1 amide bonds. The van der Waals surface area contributed by atoms with Gasteiger partial charge in [0.2, 0.25) is 5.91 Å². The SMILES string of the molecule is COc1ccc(CNC(=O)Cc2c[nH]c3cc(F)ccc23)cc1OC. The molecular formula is C19H19FN2O3. The summed E-state index contributed by atoms with van der Waals surface area (Å²) < 4.78 is 23.7. The number of hydrogen-bond acceptors (Lipinski definition) is 3. The van der Waals surface area contributed by atoms with Gasteiger partial charge in [0.25, 0.3) is 0 Å². The van der Waals surface area contributed by atoms with E-state index in [0.717, 1.165) is 16.5 Å². The molecule has 5 nitrogen and oxygen atoms in total. The molecule has 0 aliphatic heterocycles. The van der Waals surface area contributed by atoms with Crippen molar-refractivity contribution in [3.63, 3.8) is 0 Å². The van der Waals surface area contributed by atoms with Gasteiger partial charge in [-0.3, -0.25) is 4.79 Å². The average Bonchev–Trinajstić information content (AvgIpc) is 3.01. The maximum Gasteiger partial charge on any atom is 0.224 e. The molecule has 2 aromatic carbocycles. The van der Waals surface area contributed by atoms with Crippen molar-refractivity contribution in [1.29, 1.82) is 0 Å². The number of benzene rings is 2. The first-order valence-corrected chi connectivity index (χ1v) is 7.84. The van der Waals surface area contributed by atoms with Gasteiger partial charge in [-0.1, -0.05) is 6.07 Å². The third-order valence-electron chi connectivity index (χ3n) is 4.02. The van der Waals surface area contributed by atoms with Gasteiger partial charge in [-0.2, -0.15) is 0 Å². The zero-order valence-corrected chi connectivity index (χ0v) is 14.1.